The van der Waals surface area contributed by atoms with E-state index >= 15 is 0 Å². The highest BCUT2D eigenvalue weighted by Gasteiger charge is 2.12. The standard InChI is InChI=1S/C12H14ClN5OS/c1-7(2)11-16-9(19-17-11)4-3-5-15-12-8(6-14)10(13)18-20-12/h7,15H,3-5H2,1-2H3. The van der Waals surface area contributed by atoms with Crippen molar-refractivity contribution in [3.63, 3.8) is 0 Å². The van der Waals surface area contributed by atoms with Gasteiger partial charge in [-0.25, -0.2) is 0 Å². The first kappa shape index (κ1) is 14.8. The molecule has 0 saturated carbocycles. The van der Waals surface area contributed by atoms with E-state index in [9.17, 15) is 0 Å². The number of hydrogen-bond donors (Lipinski definition) is 1. The minimum Gasteiger partial charge on any atom is -0.375 e. The molecule has 0 aliphatic rings. The summed E-state index contributed by atoms with van der Waals surface area (Å²) in [6, 6.07) is 2.03. The van der Waals surface area contributed by atoms with E-state index in [2.05, 4.69) is 19.8 Å². The molecule has 0 aliphatic carbocycles. The van der Waals surface area contributed by atoms with E-state index < -0.39 is 0 Å². The predicted octanol–water partition coefficient (Wildman–Crippen LogP) is 3.22. The maximum absolute atomic E-state index is 8.94. The van der Waals surface area contributed by atoms with Crippen molar-refractivity contribution in [3.8, 4) is 6.07 Å². The van der Waals surface area contributed by atoms with E-state index in [0.29, 0.717) is 29.4 Å². The Morgan fingerprint density at radius 3 is 2.95 bits per heavy atom. The first-order valence-electron chi connectivity index (χ1n) is 6.23. The lowest BCUT2D eigenvalue weighted by atomic mass is 10.2. The summed E-state index contributed by atoms with van der Waals surface area (Å²) in [6.45, 7) is 4.73. The van der Waals surface area contributed by atoms with Crippen molar-refractivity contribution in [3.05, 3.63) is 22.4 Å². The molecule has 0 unspecified atom stereocenters. The maximum Gasteiger partial charge on any atom is 0.226 e. The average Bonchev–Trinajstić information content (AvgIpc) is 3.01. The summed E-state index contributed by atoms with van der Waals surface area (Å²) in [6.07, 6.45) is 1.52. The van der Waals surface area contributed by atoms with Gasteiger partial charge in [0.05, 0.1) is 0 Å². The van der Waals surface area contributed by atoms with Crippen LogP contribution in [0, 0.1) is 11.3 Å². The van der Waals surface area contributed by atoms with Crippen LogP contribution in [0.25, 0.3) is 0 Å². The Kier molecular flexibility index (Phi) is 4.93. The second-order valence-electron chi connectivity index (χ2n) is 4.52. The number of nitrogens with one attached hydrogen (secondary N) is 1. The third kappa shape index (κ3) is 3.46. The van der Waals surface area contributed by atoms with Crippen LogP contribution >= 0.6 is 23.1 Å². The van der Waals surface area contributed by atoms with Gasteiger partial charge in [0.2, 0.25) is 5.89 Å². The minimum atomic E-state index is 0.249. The van der Waals surface area contributed by atoms with Crippen molar-refractivity contribution in [2.45, 2.75) is 32.6 Å². The SMILES string of the molecule is CC(C)c1noc(CCCNc2snc(Cl)c2C#N)n1. The highest BCUT2D eigenvalue weighted by atomic mass is 35.5. The number of nitrogens with zero attached hydrogens (tertiary/aromatic N) is 4. The summed E-state index contributed by atoms with van der Waals surface area (Å²) < 4.78 is 9.08. The topological polar surface area (TPSA) is 87.6 Å². The van der Waals surface area contributed by atoms with Gasteiger partial charge in [-0.05, 0) is 18.0 Å². The first-order valence-corrected chi connectivity index (χ1v) is 7.38. The van der Waals surface area contributed by atoms with Crippen LogP contribution in [0.5, 0.6) is 0 Å². The Bertz CT molecular complexity index is 616. The molecule has 0 saturated heterocycles. The van der Waals surface area contributed by atoms with Crippen molar-refractivity contribution in [1.29, 1.82) is 5.26 Å². The maximum atomic E-state index is 8.94. The van der Waals surface area contributed by atoms with E-state index in [1.54, 1.807) is 0 Å². The van der Waals surface area contributed by atoms with Gasteiger partial charge < -0.3 is 9.84 Å². The van der Waals surface area contributed by atoms with Gasteiger partial charge in [-0.15, -0.1) is 0 Å². The number of rotatable bonds is 6. The molecule has 0 amide bonds. The van der Waals surface area contributed by atoms with Gasteiger partial charge in [0.15, 0.2) is 11.0 Å². The molecule has 0 spiro atoms. The second-order valence-corrected chi connectivity index (χ2v) is 5.65. The number of hydrogen-bond acceptors (Lipinski definition) is 7. The van der Waals surface area contributed by atoms with Crippen molar-refractivity contribution in [2.24, 2.45) is 0 Å². The van der Waals surface area contributed by atoms with Crippen LogP contribution in [0.4, 0.5) is 5.00 Å². The van der Waals surface area contributed by atoms with Crippen LogP contribution in [-0.2, 0) is 6.42 Å². The Balaban J connectivity index is 1.80. The van der Waals surface area contributed by atoms with Crippen molar-refractivity contribution < 1.29 is 4.52 Å². The predicted molar refractivity (Wildman–Crippen MR) is 77.0 cm³/mol. The molecule has 0 atom stereocenters. The monoisotopic (exact) mass is 311 g/mol. The fraction of sp³-hybridized carbons (Fsp3) is 0.500. The smallest absolute Gasteiger partial charge is 0.226 e. The van der Waals surface area contributed by atoms with Gasteiger partial charge in [-0.2, -0.15) is 14.6 Å². The zero-order valence-electron chi connectivity index (χ0n) is 11.2. The molecule has 0 aromatic carbocycles. The molecule has 106 valence electrons. The lowest BCUT2D eigenvalue weighted by Crippen LogP contribution is -2.03. The van der Waals surface area contributed by atoms with Crippen LogP contribution in [-0.4, -0.2) is 21.1 Å². The molecule has 2 aromatic heterocycles. The Morgan fingerprint density at radius 2 is 2.30 bits per heavy atom. The molecule has 2 rings (SSSR count). The highest BCUT2D eigenvalue weighted by molar-refractivity contribution is 7.10. The molecule has 0 bridgehead atoms. The summed E-state index contributed by atoms with van der Waals surface area (Å²) >= 11 is 6.98. The summed E-state index contributed by atoms with van der Waals surface area (Å²) in [5.74, 6) is 1.63. The fourth-order valence-electron chi connectivity index (χ4n) is 1.53. The molecule has 1 N–H and O–H groups in total. The second kappa shape index (κ2) is 6.68. The molecular weight excluding hydrogens is 298 g/mol. The number of aromatic nitrogens is 3. The number of nitriles is 1. The molecule has 8 heteroatoms. The minimum absolute atomic E-state index is 0.249. The summed E-state index contributed by atoms with van der Waals surface area (Å²) in [5, 5.41) is 16.9. The molecule has 0 fully saturated rings. The quantitative estimate of drug-likeness (QED) is 0.824. The van der Waals surface area contributed by atoms with Crippen LogP contribution in [0.3, 0.4) is 0 Å². The van der Waals surface area contributed by atoms with Gasteiger partial charge in [0.25, 0.3) is 0 Å². The largest absolute Gasteiger partial charge is 0.375 e. The summed E-state index contributed by atoms with van der Waals surface area (Å²) in [7, 11) is 0. The Hall–Kier alpha value is -1.65. The van der Waals surface area contributed by atoms with Crippen LogP contribution in [0.15, 0.2) is 4.52 Å². The van der Waals surface area contributed by atoms with Crippen molar-refractivity contribution >= 4 is 28.1 Å². The van der Waals surface area contributed by atoms with Crippen LogP contribution < -0.4 is 5.32 Å². The molecular formula is C12H14ClN5OS. The number of halogens is 1. The molecule has 2 heterocycles. The summed E-state index contributed by atoms with van der Waals surface area (Å²) in [5.41, 5.74) is 0.400. The third-order valence-electron chi connectivity index (χ3n) is 2.62. The van der Waals surface area contributed by atoms with Gasteiger partial charge in [-0.1, -0.05) is 30.6 Å². The lowest BCUT2D eigenvalue weighted by molar-refractivity contribution is 0.369. The average molecular weight is 312 g/mol. The van der Waals surface area contributed by atoms with Crippen LogP contribution in [0.2, 0.25) is 5.15 Å². The lowest BCUT2D eigenvalue weighted by Gasteiger charge is -2.01. The molecule has 20 heavy (non-hydrogen) atoms. The van der Waals surface area contributed by atoms with Gasteiger partial charge in [0, 0.05) is 18.9 Å². The van der Waals surface area contributed by atoms with Gasteiger partial charge in [0.1, 0.15) is 16.6 Å². The fourth-order valence-corrected chi connectivity index (χ4v) is 2.49. The molecule has 0 aliphatic heterocycles. The zero-order valence-corrected chi connectivity index (χ0v) is 12.8. The zero-order chi connectivity index (χ0) is 14.5. The normalized spacial score (nSPS) is 10.8. The number of aryl methyl sites for hydroxylation is 1. The first-order chi connectivity index (χ1) is 9.61. The Morgan fingerprint density at radius 1 is 1.50 bits per heavy atom. The van der Waals surface area contributed by atoms with Crippen molar-refractivity contribution in [2.75, 3.05) is 11.9 Å². The number of anilines is 1. The van der Waals surface area contributed by atoms with Crippen molar-refractivity contribution in [1.82, 2.24) is 14.5 Å². The Labute approximate surface area is 125 Å². The molecule has 2 aromatic rings. The van der Waals surface area contributed by atoms with E-state index in [1.807, 2.05) is 19.9 Å². The van der Waals surface area contributed by atoms with E-state index in [-0.39, 0.29) is 11.1 Å². The van der Waals surface area contributed by atoms with Gasteiger partial charge >= 0.3 is 0 Å². The third-order valence-corrected chi connectivity index (χ3v) is 3.79. The van der Waals surface area contributed by atoms with Crippen LogP contribution in [0.1, 0.15) is 43.5 Å². The van der Waals surface area contributed by atoms with E-state index in [0.717, 1.165) is 12.2 Å². The summed E-state index contributed by atoms with van der Waals surface area (Å²) in [4.78, 5) is 4.30. The van der Waals surface area contributed by atoms with E-state index in [1.165, 1.54) is 11.5 Å². The molecule has 6 nitrogen and oxygen atoms in total. The van der Waals surface area contributed by atoms with E-state index in [4.69, 9.17) is 21.4 Å². The van der Waals surface area contributed by atoms with Gasteiger partial charge in [-0.3, -0.25) is 0 Å². The highest BCUT2D eigenvalue weighted by Crippen LogP contribution is 2.27. The molecule has 0 radical (unpaired) electrons.